The Morgan fingerprint density at radius 3 is 2.60 bits per heavy atom. The first-order valence-corrected chi connectivity index (χ1v) is 12.3. The maximum atomic E-state index is 10.7. The van der Waals surface area contributed by atoms with Crippen LogP contribution in [0.5, 0.6) is 0 Å². The van der Waals surface area contributed by atoms with Crippen LogP contribution in [0.1, 0.15) is 64.7 Å². The minimum Gasteiger partial charge on any atom is -0.393 e. The van der Waals surface area contributed by atoms with E-state index in [0.29, 0.717) is 17.8 Å². The van der Waals surface area contributed by atoms with E-state index in [0.717, 1.165) is 16.3 Å². The van der Waals surface area contributed by atoms with Gasteiger partial charge in [0.15, 0.2) is 0 Å². The smallest absolute Gasteiger partial charge is 0.0751 e. The number of allylic oxidation sites excluding steroid dienone is 3. The van der Waals surface area contributed by atoms with E-state index in [1.807, 2.05) is 0 Å². The predicted molar refractivity (Wildman–Crippen MR) is 119 cm³/mol. The van der Waals surface area contributed by atoms with E-state index in [4.69, 9.17) is 0 Å². The standard InChI is InChI=1S/C21H30I2O2/c1-20-10-2-3-13(17(20)8-9-18(20)22)4-5-15-11-16(24)12-19(25)21(15,23)14-6-7-14/h4-5,14,16-19,24-25H,2-3,6-12H2,1H3/b13-4+,15-5-/t16-,17+,18+,19+,20+,21?/m1/s1. The SMILES string of the molecule is C[C@]12CCC/C(=C\C=C3\C[C@@H](O)C[C@H](O)C3(I)C3CC3)[C@@H]1CC[C@@H]2I. The molecule has 4 aliphatic rings. The second-order valence-electron chi connectivity index (χ2n) is 9.04. The molecule has 2 N–H and O–H groups in total. The maximum Gasteiger partial charge on any atom is 0.0751 e. The predicted octanol–water partition coefficient (Wildman–Crippen LogP) is 5.34. The van der Waals surface area contributed by atoms with Crippen LogP contribution in [-0.4, -0.2) is 29.8 Å². The van der Waals surface area contributed by atoms with Crippen molar-refractivity contribution in [2.45, 2.75) is 84.3 Å². The molecule has 4 rings (SSSR count). The molecule has 0 heterocycles. The van der Waals surface area contributed by atoms with Crippen molar-refractivity contribution >= 4 is 45.2 Å². The third-order valence-electron chi connectivity index (χ3n) is 7.45. The Morgan fingerprint density at radius 2 is 1.88 bits per heavy atom. The van der Waals surface area contributed by atoms with Gasteiger partial charge in [-0.2, -0.15) is 0 Å². The summed E-state index contributed by atoms with van der Waals surface area (Å²) in [7, 11) is 0. The fraction of sp³-hybridized carbons (Fsp3) is 0.810. The molecular weight excluding hydrogens is 538 g/mol. The van der Waals surface area contributed by atoms with Crippen LogP contribution >= 0.6 is 45.2 Å². The van der Waals surface area contributed by atoms with Crippen LogP contribution in [0.3, 0.4) is 0 Å². The number of hydrogen-bond donors (Lipinski definition) is 2. The van der Waals surface area contributed by atoms with Crippen molar-refractivity contribution in [3.63, 3.8) is 0 Å². The van der Waals surface area contributed by atoms with Crippen LogP contribution in [0.4, 0.5) is 0 Å². The molecule has 4 fully saturated rings. The van der Waals surface area contributed by atoms with Crippen LogP contribution in [0.25, 0.3) is 0 Å². The summed E-state index contributed by atoms with van der Waals surface area (Å²) in [5.74, 6) is 1.34. The van der Waals surface area contributed by atoms with Crippen molar-refractivity contribution in [2.75, 3.05) is 0 Å². The molecule has 4 saturated carbocycles. The average molecular weight is 568 g/mol. The Kier molecular flexibility index (Phi) is 5.40. The van der Waals surface area contributed by atoms with Crippen molar-refractivity contribution in [1.82, 2.24) is 0 Å². The van der Waals surface area contributed by atoms with Gasteiger partial charge in [-0.15, -0.1) is 0 Å². The van der Waals surface area contributed by atoms with Crippen LogP contribution in [0, 0.1) is 17.3 Å². The van der Waals surface area contributed by atoms with Crippen molar-refractivity contribution in [2.24, 2.45) is 17.3 Å². The van der Waals surface area contributed by atoms with Crippen molar-refractivity contribution in [3.8, 4) is 0 Å². The van der Waals surface area contributed by atoms with Gasteiger partial charge in [-0.25, -0.2) is 0 Å². The van der Waals surface area contributed by atoms with Crippen LogP contribution in [-0.2, 0) is 0 Å². The second kappa shape index (κ2) is 7.03. The Labute approximate surface area is 179 Å². The van der Waals surface area contributed by atoms with Gasteiger partial charge in [0.1, 0.15) is 0 Å². The molecular formula is C21H30I2O2. The highest BCUT2D eigenvalue weighted by atomic mass is 127. The third kappa shape index (κ3) is 3.29. The van der Waals surface area contributed by atoms with E-state index in [1.165, 1.54) is 50.5 Å². The highest BCUT2D eigenvalue weighted by Gasteiger charge is 2.53. The molecule has 4 heteroatoms. The molecule has 0 aliphatic heterocycles. The first kappa shape index (κ1) is 19.2. The van der Waals surface area contributed by atoms with Gasteiger partial charge in [-0.05, 0) is 74.2 Å². The molecule has 0 aromatic carbocycles. The summed E-state index contributed by atoms with van der Waals surface area (Å²) in [6, 6.07) is 0. The van der Waals surface area contributed by atoms with Crippen LogP contribution < -0.4 is 0 Å². The summed E-state index contributed by atoms with van der Waals surface area (Å²) in [5.41, 5.74) is 3.39. The molecule has 0 aromatic rings. The zero-order valence-electron chi connectivity index (χ0n) is 15.1. The molecule has 0 spiro atoms. The molecule has 0 radical (unpaired) electrons. The molecule has 25 heavy (non-hydrogen) atoms. The van der Waals surface area contributed by atoms with E-state index in [9.17, 15) is 10.2 Å². The normalized spacial score (nSPS) is 51.1. The quantitative estimate of drug-likeness (QED) is 0.349. The largest absolute Gasteiger partial charge is 0.393 e. The lowest BCUT2D eigenvalue weighted by molar-refractivity contribution is 0.0392. The number of rotatable bonds is 2. The molecule has 0 bridgehead atoms. The van der Waals surface area contributed by atoms with Gasteiger partial charge < -0.3 is 10.2 Å². The summed E-state index contributed by atoms with van der Waals surface area (Å²) < 4.78 is 0.660. The number of alkyl halides is 2. The van der Waals surface area contributed by atoms with Gasteiger partial charge in [-0.1, -0.05) is 69.8 Å². The van der Waals surface area contributed by atoms with Crippen molar-refractivity contribution in [3.05, 3.63) is 23.3 Å². The third-order valence-corrected chi connectivity index (χ3v) is 11.8. The maximum absolute atomic E-state index is 10.7. The fourth-order valence-electron chi connectivity index (χ4n) is 5.76. The lowest BCUT2D eigenvalue weighted by atomic mass is 9.67. The summed E-state index contributed by atoms with van der Waals surface area (Å²) in [5, 5.41) is 20.9. The highest BCUT2D eigenvalue weighted by molar-refractivity contribution is 14.1. The van der Waals surface area contributed by atoms with Gasteiger partial charge in [-0.3, -0.25) is 0 Å². The monoisotopic (exact) mass is 568 g/mol. The highest BCUT2D eigenvalue weighted by Crippen LogP contribution is 2.58. The van der Waals surface area contributed by atoms with Crippen molar-refractivity contribution < 1.29 is 10.2 Å². The van der Waals surface area contributed by atoms with Crippen LogP contribution in [0.15, 0.2) is 23.3 Å². The summed E-state index contributed by atoms with van der Waals surface area (Å²) in [6.07, 6.45) is 14.2. The molecule has 0 saturated heterocycles. The molecule has 140 valence electrons. The lowest BCUT2D eigenvalue weighted by Gasteiger charge is -2.42. The molecule has 1 unspecified atom stereocenters. The minimum absolute atomic E-state index is 0.145. The van der Waals surface area contributed by atoms with Gasteiger partial charge in [0, 0.05) is 10.3 Å². The Morgan fingerprint density at radius 1 is 1.12 bits per heavy atom. The zero-order chi connectivity index (χ0) is 17.8. The first-order chi connectivity index (χ1) is 11.9. The van der Waals surface area contributed by atoms with E-state index in [2.05, 4.69) is 64.3 Å². The summed E-state index contributed by atoms with van der Waals surface area (Å²) in [4.78, 5) is 0. The molecule has 2 nitrogen and oxygen atoms in total. The fourth-order valence-corrected chi connectivity index (χ4v) is 8.14. The topological polar surface area (TPSA) is 40.5 Å². The van der Waals surface area contributed by atoms with Gasteiger partial charge in [0.25, 0.3) is 0 Å². The average Bonchev–Trinajstić information content (AvgIpc) is 3.36. The number of fused-ring (bicyclic) bond motifs is 1. The Bertz CT molecular complexity index is 597. The van der Waals surface area contributed by atoms with E-state index >= 15 is 0 Å². The zero-order valence-corrected chi connectivity index (χ0v) is 19.4. The second-order valence-corrected chi connectivity index (χ2v) is 12.3. The van der Waals surface area contributed by atoms with Crippen molar-refractivity contribution in [1.29, 1.82) is 0 Å². The number of hydrogen-bond acceptors (Lipinski definition) is 2. The van der Waals surface area contributed by atoms with Crippen LogP contribution in [0.2, 0.25) is 0 Å². The molecule has 6 atom stereocenters. The van der Waals surface area contributed by atoms with E-state index in [1.54, 1.807) is 5.57 Å². The number of aliphatic hydroxyl groups is 2. The summed E-state index contributed by atoms with van der Waals surface area (Å²) in [6.45, 7) is 2.50. The van der Waals surface area contributed by atoms with E-state index in [-0.39, 0.29) is 9.53 Å². The van der Waals surface area contributed by atoms with Gasteiger partial charge in [0.05, 0.1) is 15.6 Å². The number of halogens is 2. The lowest BCUT2D eigenvalue weighted by Crippen LogP contribution is -2.47. The Hall–Kier alpha value is 0.860. The Balaban J connectivity index is 1.63. The first-order valence-electron chi connectivity index (χ1n) is 9.95. The van der Waals surface area contributed by atoms with Gasteiger partial charge >= 0.3 is 0 Å². The minimum atomic E-state index is -0.407. The van der Waals surface area contributed by atoms with E-state index < -0.39 is 6.10 Å². The molecule has 0 aromatic heterocycles. The molecule has 0 amide bonds. The summed E-state index contributed by atoms with van der Waals surface area (Å²) >= 11 is 5.19. The number of aliphatic hydroxyl groups excluding tert-OH is 2. The van der Waals surface area contributed by atoms with Gasteiger partial charge in [0.2, 0.25) is 0 Å². The molecule has 4 aliphatic carbocycles.